The zero-order valence-corrected chi connectivity index (χ0v) is 34.6. The fourth-order valence-corrected chi connectivity index (χ4v) is 9.19. The quantitative estimate of drug-likeness (QED) is 0.160. The lowest BCUT2D eigenvalue weighted by Crippen LogP contribution is -2.19. The smallest absolute Gasteiger partial charge is 0.0159 e. The maximum Gasteiger partial charge on any atom is 0.0159 e. The Labute approximate surface area is 328 Å². The summed E-state index contributed by atoms with van der Waals surface area (Å²) in [6.45, 7) is 25.7. The number of rotatable bonds is 3. The van der Waals surface area contributed by atoms with Crippen molar-refractivity contribution in [2.45, 2.75) is 97.8 Å². The Kier molecular flexibility index (Phi) is 7.68. The van der Waals surface area contributed by atoms with Crippen LogP contribution in [0.15, 0.2) is 127 Å². The Morgan fingerprint density at radius 1 is 0.364 bits per heavy atom. The minimum atomic E-state index is -0.0805. The van der Waals surface area contributed by atoms with Crippen molar-refractivity contribution >= 4 is 32.3 Å². The van der Waals surface area contributed by atoms with Gasteiger partial charge in [-0.2, -0.15) is 0 Å². The molecule has 0 unspecified atom stereocenters. The average Bonchev–Trinajstić information content (AvgIpc) is 3.37. The minimum Gasteiger partial charge on any atom is -0.0610 e. The van der Waals surface area contributed by atoms with Gasteiger partial charge in [0.25, 0.3) is 0 Å². The largest absolute Gasteiger partial charge is 0.0610 e. The molecule has 0 saturated carbocycles. The molecular formula is C55H54. The van der Waals surface area contributed by atoms with Crippen molar-refractivity contribution in [3.8, 4) is 44.5 Å². The third-order valence-electron chi connectivity index (χ3n) is 12.7. The maximum atomic E-state index is 2.50. The fourth-order valence-electron chi connectivity index (χ4n) is 9.19. The molecule has 0 atom stereocenters. The summed E-state index contributed by atoms with van der Waals surface area (Å²) in [5.41, 5.74) is 17.6. The summed E-state index contributed by atoms with van der Waals surface area (Å²) in [6, 6.07) is 49.4. The molecule has 1 aliphatic rings. The van der Waals surface area contributed by atoms with Crippen LogP contribution < -0.4 is 0 Å². The second kappa shape index (κ2) is 11.9. The predicted octanol–water partition coefficient (Wildman–Crippen LogP) is 15.8. The number of hydrogen-bond acceptors (Lipinski definition) is 0. The van der Waals surface area contributed by atoms with E-state index in [1.807, 2.05) is 0 Å². The van der Waals surface area contributed by atoms with Crippen LogP contribution in [0.2, 0.25) is 0 Å². The summed E-state index contributed by atoms with van der Waals surface area (Å²) in [7, 11) is 0. The minimum absolute atomic E-state index is 0.0338. The first-order valence-electron chi connectivity index (χ1n) is 20.2. The van der Waals surface area contributed by atoms with Crippen molar-refractivity contribution in [2.24, 2.45) is 0 Å². The number of hydrogen-bond donors (Lipinski definition) is 0. The summed E-state index contributed by atoms with van der Waals surface area (Å²) in [5.74, 6) is 0. The lowest BCUT2D eigenvalue weighted by atomic mass is 9.76. The molecule has 0 bridgehead atoms. The molecule has 9 rings (SSSR count). The number of fused-ring (bicyclic) bond motifs is 3. The van der Waals surface area contributed by atoms with E-state index in [0.717, 1.165) is 0 Å². The molecule has 1 aliphatic carbocycles. The van der Waals surface area contributed by atoms with Crippen LogP contribution in [0.3, 0.4) is 0 Å². The molecule has 0 amide bonds. The van der Waals surface area contributed by atoms with Gasteiger partial charge in [-0.05, 0) is 133 Å². The van der Waals surface area contributed by atoms with E-state index in [1.54, 1.807) is 0 Å². The van der Waals surface area contributed by atoms with Gasteiger partial charge in [-0.25, -0.2) is 0 Å². The van der Waals surface area contributed by atoms with E-state index >= 15 is 0 Å². The van der Waals surface area contributed by atoms with E-state index in [4.69, 9.17) is 0 Å². The van der Waals surface area contributed by atoms with Gasteiger partial charge in [-0.3, -0.25) is 0 Å². The van der Waals surface area contributed by atoms with Crippen molar-refractivity contribution in [3.63, 3.8) is 0 Å². The van der Waals surface area contributed by atoms with Gasteiger partial charge in [0.2, 0.25) is 0 Å². The van der Waals surface area contributed by atoms with Gasteiger partial charge in [0.05, 0.1) is 0 Å². The lowest BCUT2D eigenvalue weighted by molar-refractivity contribution is 0.580. The summed E-state index contributed by atoms with van der Waals surface area (Å²) in [5, 5.41) is 8.01. The molecule has 274 valence electrons. The van der Waals surface area contributed by atoms with Crippen LogP contribution in [0.25, 0.3) is 76.8 Å². The first-order chi connectivity index (χ1) is 25.9. The molecule has 0 radical (unpaired) electrons. The van der Waals surface area contributed by atoms with E-state index in [0.29, 0.717) is 0 Å². The van der Waals surface area contributed by atoms with Gasteiger partial charge < -0.3 is 0 Å². The molecule has 0 saturated heterocycles. The van der Waals surface area contributed by atoms with Gasteiger partial charge >= 0.3 is 0 Å². The van der Waals surface area contributed by atoms with E-state index < -0.39 is 0 Å². The van der Waals surface area contributed by atoms with E-state index in [1.165, 1.54) is 105 Å². The van der Waals surface area contributed by atoms with Crippen molar-refractivity contribution in [2.75, 3.05) is 0 Å². The SMILES string of the molecule is CC(C)(C)c1ccc2c(c1)C(C)(C)c1cc(C(C)(C)C)cc(-c3ccc(-c4cccc(-c5ccc6ccc7cc(C(C)(C)C)cc8ccc5c6c78)c4)cc3)c1-2. The van der Waals surface area contributed by atoms with Crippen LogP contribution in [0.5, 0.6) is 0 Å². The Bertz CT molecular complexity index is 2780. The summed E-state index contributed by atoms with van der Waals surface area (Å²) < 4.78 is 0. The van der Waals surface area contributed by atoms with E-state index in [-0.39, 0.29) is 21.7 Å². The van der Waals surface area contributed by atoms with Crippen LogP contribution in [-0.2, 0) is 21.7 Å². The summed E-state index contributed by atoms with van der Waals surface area (Å²) in [4.78, 5) is 0. The standard InChI is InChI=1S/C55H54/c1-52(2,3)40-23-26-45-47(31-40)55(10,11)48-32-42(54(7,8)9)30-46(51(45)48)34-17-15-33(16-18-34)36-13-12-14-37(27-36)43-24-21-35-19-20-38-28-41(53(4,5)6)29-39-22-25-44(43)50(35)49(38)39/h12-32H,1-11H3. The predicted molar refractivity (Wildman–Crippen MR) is 240 cm³/mol. The highest BCUT2D eigenvalue weighted by molar-refractivity contribution is 6.25. The fraction of sp³-hybridized carbons (Fsp3) is 0.273. The molecule has 0 N–H and O–H groups in total. The topological polar surface area (TPSA) is 0 Å². The Morgan fingerprint density at radius 3 is 1.58 bits per heavy atom. The lowest BCUT2D eigenvalue weighted by Gasteiger charge is -2.27. The normalized spacial score (nSPS) is 14.2. The van der Waals surface area contributed by atoms with Crippen LogP contribution in [0.4, 0.5) is 0 Å². The molecule has 0 heteroatoms. The van der Waals surface area contributed by atoms with Gasteiger partial charge in [0.1, 0.15) is 0 Å². The second-order valence-electron chi connectivity index (χ2n) is 19.9. The average molecular weight is 715 g/mol. The summed E-state index contributed by atoms with van der Waals surface area (Å²) in [6.07, 6.45) is 0. The molecule has 0 fully saturated rings. The molecule has 55 heavy (non-hydrogen) atoms. The van der Waals surface area contributed by atoms with Crippen molar-refractivity contribution in [1.29, 1.82) is 0 Å². The Balaban J connectivity index is 1.13. The highest BCUT2D eigenvalue weighted by Gasteiger charge is 2.39. The van der Waals surface area contributed by atoms with Crippen molar-refractivity contribution in [1.82, 2.24) is 0 Å². The maximum absolute atomic E-state index is 2.50. The van der Waals surface area contributed by atoms with Gasteiger partial charge in [0.15, 0.2) is 0 Å². The first kappa shape index (κ1) is 35.5. The van der Waals surface area contributed by atoms with Crippen molar-refractivity contribution < 1.29 is 0 Å². The molecular weight excluding hydrogens is 661 g/mol. The second-order valence-corrected chi connectivity index (χ2v) is 19.9. The zero-order valence-electron chi connectivity index (χ0n) is 34.6. The summed E-state index contributed by atoms with van der Waals surface area (Å²) >= 11 is 0. The highest BCUT2D eigenvalue weighted by atomic mass is 14.4. The third kappa shape index (κ3) is 5.71. The third-order valence-corrected chi connectivity index (χ3v) is 12.7. The van der Waals surface area contributed by atoms with E-state index in [9.17, 15) is 0 Å². The molecule has 0 nitrogen and oxygen atoms in total. The van der Waals surface area contributed by atoms with Crippen LogP contribution in [-0.4, -0.2) is 0 Å². The van der Waals surface area contributed by atoms with Crippen LogP contribution >= 0.6 is 0 Å². The Hall–Kier alpha value is -5.20. The molecule has 0 aliphatic heterocycles. The molecule has 0 heterocycles. The zero-order chi connectivity index (χ0) is 38.8. The van der Waals surface area contributed by atoms with Gasteiger partial charge in [0, 0.05) is 5.41 Å². The molecule has 0 aromatic heterocycles. The molecule has 8 aromatic carbocycles. The van der Waals surface area contributed by atoms with E-state index in [2.05, 4.69) is 204 Å². The molecule has 8 aromatic rings. The van der Waals surface area contributed by atoms with Gasteiger partial charge in [-0.1, -0.05) is 191 Å². The van der Waals surface area contributed by atoms with Gasteiger partial charge in [-0.15, -0.1) is 0 Å². The monoisotopic (exact) mass is 714 g/mol. The number of benzene rings is 8. The van der Waals surface area contributed by atoms with Crippen LogP contribution in [0.1, 0.15) is 104 Å². The Morgan fingerprint density at radius 2 is 0.909 bits per heavy atom. The first-order valence-corrected chi connectivity index (χ1v) is 20.2. The molecule has 0 spiro atoms. The van der Waals surface area contributed by atoms with Crippen molar-refractivity contribution in [3.05, 3.63) is 155 Å². The highest BCUT2D eigenvalue weighted by Crippen LogP contribution is 2.54. The van der Waals surface area contributed by atoms with Crippen LogP contribution in [0, 0.1) is 0 Å².